The molecule has 2 aliphatic rings. The van der Waals surface area contributed by atoms with E-state index in [2.05, 4.69) is 108 Å². The fourth-order valence-electron chi connectivity index (χ4n) is 7.35. The van der Waals surface area contributed by atoms with Crippen molar-refractivity contribution >= 4 is 67.0 Å². The summed E-state index contributed by atoms with van der Waals surface area (Å²) in [4.78, 5) is 10.4. The van der Waals surface area contributed by atoms with Gasteiger partial charge in [-0.1, -0.05) is 121 Å². The average molecular weight is 620 g/mol. The number of nitrogens with one attached hydrogen (secondary N) is 1. The second-order valence-electron chi connectivity index (χ2n) is 12.5. The minimum atomic E-state index is -0.407. The monoisotopic (exact) mass is 619 g/mol. The Bertz CT molecular complexity index is 2700. The van der Waals surface area contributed by atoms with Crippen LogP contribution in [-0.2, 0) is 0 Å². The summed E-state index contributed by atoms with van der Waals surface area (Å²) in [6, 6.07) is 46.1. The van der Waals surface area contributed by atoms with Crippen molar-refractivity contribution in [2.24, 2.45) is 9.98 Å². The van der Waals surface area contributed by atoms with Gasteiger partial charge in [-0.2, -0.15) is 0 Å². The molecule has 0 fully saturated rings. The summed E-state index contributed by atoms with van der Waals surface area (Å²) in [5.74, 6) is 1.62. The van der Waals surface area contributed by atoms with Crippen LogP contribution in [0.15, 0.2) is 152 Å². The van der Waals surface area contributed by atoms with Crippen LogP contribution in [0.25, 0.3) is 66.5 Å². The Morgan fingerprint density at radius 2 is 1.29 bits per heavy atom. The normalized spacial score (nSPS) is 15.0. The lowest BCUT2D eigenvalue weighted by Gasteiger charge is -2.23. The van der Waals surface area contributed by atoms with Crippen molar-refractivity contribution in [2.75, 3.05) is 0 Å². The Balaban J connectivity index is 1.17. The first kappa shape index (κ1) is 27.0. The van der Waals surface area contributed by atoms with Crippen molar-refractivity contribution in [3.05, 3.63) is 155 Å². The Morgan fingerprint density at radius 1 is 0.583 bits per heavy atom. The fraction of sp³-hybridized carbons (Fsp3) is 0.0698. The molecular weight excluding hydrogens is 590 g/mol. The average Bonchev–Trinajstić information content (AvgIpc) is 3.74. The molecule has 228 valence electrons. The Hall–Kier alpha value is -6.20. The van der Waals surface area contributed by atoms with Gasteiger partial charge in [0.15, 0.2) is 6.17 Å². The predicted octanol–water partition coefficient (Wildman–Crippen LogP) is 8.70. The molecule has 48 heavy (non-hydrogen) atoms. The van der Waals surface area contributed by atoms with E-state index in [1.54, 1.807) is 0 Å². The number of amidine groups is 2. The standard InChI is InChI=1S/C43H29N3O2/c1-3-12-27(13-4-1)41-44-42(28-14-5-2-6-15-28)46-43(45-41)34-20-10-19-33-32-18-9-17-31(39(32)48-40(33)34)29-22-23-36-35(25-29)38-30-16-8-7-11-26(30)21-24-37(38)47-36/h1-9,11-19,21-25,43H,10,20H2,(H,44,45,46). The van der Waals surface area contributed by atoms with E-state index in [0.29, 0.717) is 0 Å². The van der Waals surface area contributed by atoms with Gasteiger partial charge < -0.3 is 14.2 Å². The van der Waals surface area contributed by atoms with Gasteiger partial charge in [-0.25, -0.2) is 9.98 Å². The van der Waals surface area contributed by atoms with E-state index in [0.717, 1.165) is 95.9 Å². The van der Waals surface area contributed by atoms with Crippen LogP contribution in [-0.4, -0.2) is 17.8 Å². The molecule has 0 saturated carbocycles. The zero-order valence-corrected chi connectivity index (χ0v) is 26.0. The molecule has 1 aliphatic carbocycles. The summed E-state index contributed by atoms with van der Waals surface area (Å²) in [5, 5.41) is 10.4. The lowest BCUT2D eigenvalue weighted by Crippen LogP contribution is -2.39. The van der Waals surface area contributed by atoms with E-state index in [1.165, 1.54) is 10.8 Å². The molecule has 10 rings (SSSR count). The van der Waals surface area contributed by atoms with Gasteiger partial charge in [-0.3, -0.25) is 0 Å². The van der Waals surface area contributed by atoms with Crippen molar-refractivity contribution in [3.8, 4) is 11.1 Å². The third-order valence-corrected chi connectivity index (χ3v) is 9.62. The number of hydrogen-bond acceptors (Lipinski definition) is 5. The fourth-order valence-corrected chi connectivity index (χ4v) is 7.35. The molecule has 6 aromatic carbocycles. The number of fused-ring (bicyclic) bond motifs is 8. The smallest absolute Gasteiger partial charge is 0.169 e. The van der Waals surface area contributed by atoms with E-state index in [1.807, 2.05) is 36.4 Å². The van der Waals surface area contributed by atoms with E-state index in [9.17, 15) is 0 Å². The maximum atomic E-state index is 6.92. The molecule has 0 bridgehead atoms. The minimum Gasteiger partial charge on any atom is -0.456 e. The van der Waals surface area contributed by atoms with Crippen molar-refractivity contribution in [3.63, 3.8) is 0 Å². The van der Waals surface area contributed by atoms with E-state index >= 15 is 0 Å². The van der Waals surface area contributed by atoms with Crippen LogP contribution in [0.2, 0.25) is 0 Å². The Labute approximate surface area is 275 Å². The number of furan rings is 2. The number of rotatable bonds is 4. The van der Waals surface area contributed by atoms with Crippen LogP contribution in [0.3, 0.4) is 0 Å². The van der Waals surface area contributed by atoms with Gasteiger partial charge in [0, 0.05) is 43.6 Å². The van der Waals surface area contributed by atoms with Crippen LogP contribution in [0.1, 0.15) is 24.0 Å². The van der Waals surface area contributed by atoms with Gasteiger partial charge in [0.05, 0.1) is 0 Å². The van der Waals surface area contributed by atoms with E-state index in [4.69, 9.17) is 18.8 Å². The molecule has 0 atom stereocenters. The van der Waals surface area contributed by atoms with Crippen molar-refractivity contribution in [1.29, 1.82) is 0 Å². The first-order chi connectivity index (χ1) is 23.8. The first-order valence-electron chi connectivity index (χ1n) is 16.4. The summed E-state index contributed by atoms with van der Waals surface area (Å²) in [6.45, 7) is 0. The lowest BCUT2D eigenvalue weighted by molar-refractivity contribution is 0.561. The molecule has 3 heterocycles. The first-order valence-corrected chi connectivity index (χ1v) is 16.4. The van der Waals surface area contributed by atoms with Gasteiger partial charge in [0.25, 0.3) is 0 Å². The van der Waals surface area contributed by atoms with Crippen molar-refractivity contribution in [1.82, 2.24) is 5.32 Å². The predicted molar refractivity (Wildman–Crippen MR) is 196 cm³/mol. The molecule has 0 saturated heterocycles. The van der Waals surface area contributed by atoms with Crippen LogP contribution >= 0.6 is 0 Å². The molecule has 1 N–H and O–H groups in total. The lowest BCUT2D eigenvalue weighted by atomic mass is 9.97. The third-order valence-electron chi connectivity index (χ3n) is 9.62. The molecule has 2 aromatic heterocycles. The largest absolute Gasteiger partial charge is 0.456 e. The molecule has 0 spiro atoms. The second-order valence-corrected chi connectivity index (χ2v) is 12.5. The molecule has 1 aliphatic heterocycles. The van der Waals surface area contributed by atoms with Gasteiger partial charge in [-0.05, 0) is 47.4 Å². The SMILES string of the molecule is C1=c2c(oc3c(-c4ccc5oc6ccc7ccccc7c6c5c4)cccc23)=C(C2N=C(c3ccccc3)NC(c3ccccc3)=N2)CC1. The zero-order valence-electron chi connectivity index (χ0n) is 26.0. The third kappa shape index (κ3) is 4.25. The highest BCUT2D eigenvalue weighted by Gasteiger charge is 2.26. The van der Waals surface area contributed by atoms with Gasteiger partial charge in [-0.15, -0.1) is 0 Å². The quantitative estimate of drug-likeness (QED) is 0.214. The number of benzene rings is 6. The molecule has 0 amide bonds. The summed E-state index contributed by atoms with van der Waals surface area (Å²) < 4.78 is 13.2. The Kier molecular flexibility index (Phi) is 6.00. The number of aliphatic imine (C=N–C) groups is 2. The highest BCUT2D eigenvalue weighted by molar-refractivity contribution is 6.19. The number of nitrogens with zero attached hydrogens (tertiary/aromatic N) is 2. The maximum absolute atomic E-state index is 6.92. The Morgan fingerprint density at radius 3 is 2.08 bits per heavy atom. The van der Waals surface area contributed by atoms with Gasteiger partial charge in [0.1, 0.15) is 33.8 Å². The van der Waals surface area contributed by atoms with Crippen LogP contribution in [0.4, 0.5) is 0 Å². The summed E-state index contributed by atoms with van der Waals surface area (Å²) in [5.41, 5.74) is 8.82. The van der Waals surface area contributed by atoms with E-state index < -0.39 is 6.17 Å². The maximum Gasteiger partial charge on any atom is 0.169 e. The van der Waals surface area contributed by atoms with Crippen molar-refractivity contribution in [2.45, 2.75) is 19.0 Å². The van der Waals surface area contributed by atoms with Crippen LogP contribution in [0, 0.1) is 0 Å². The zero-order chi connectivity index (χ0) is 31.6. The summed E-state index contributed by atoms with van der Waals surface area (Å²) in [7, 11) is 0. The molecule has 0 radical (unpaired) electrons. The molecule has 5 nitrogen and oxygen atoms in total. The summed E-state index contributed by atoms with van der Waals surface area (Å²) >= 11 is 0. The van der Waals surface area contributed by atoms with Crippen LogP contribution < -0.4 is 16.0 Å². The topological polar surface area (TPSA) is 63.0 Å². The van der Waals surface area contributed by atoms with Gasteiger partial charge >= 0.3 is 0 Å². The van der Waals surface area contributed by atoms with Crippen LogP contribution in [0.5, 0.6) is 0 Å². The number of hydrogen-bond donors (Lipinski definition) is 1. The minimum absolute atomic E-state index is 0.407. The molecule has 8 aromatic rings. The number of para-hydroxylation sites is 1. The molecule has 5 heteroatoms. The van der Waals surface area contributed by atoms with E-state index in [-0.39, 0.29) is 0 Å². The highest BCUT2D eigenvalue weighted by Crippen LogP contribution is 2.38. The second kappa shape index (κ2) is 10.7. The van der Waals surface area contributed by atoms with Gasteiger partial charge in [0.2, 0.25) is 0 Å². The molecular formula is C43H29N3O2. The summed E-state index contributed by atoms with van der Waals surface area (Å²) in [6.07, 6.45) is 3.62. The highest BCUT2D eigenvalue weighted by atomic mass is 16.3. The van der Waals surface area contributed by atoms with Crippen molar-refractivity contribution < 1.29 is 8.83 Å². The molecule has 0 unspecified atom stereocenters.